The molecule has 1 rings (SSSR count). The van der Waals surface area contributed by atoms with Gasteiger partial charge in [0.25, 0.3) is 5.91 Å². The predicted octanol–water partition coefficient (Wildman–Crippen LogP) is 1.71. The van der Waals surface area contributed by atoms with Crippen molar-refractivity contribution in [3.05, 3.63) is 42.0 Å². The van der Waals surface area contributed by atoms with Gasteiger partial charge in [0.05, 0.1) is 18.8 Å². The van der Waals surface area contributed by atoms with E-state index in [1.165, 1.54) is 6.07 Å². The van der Waals surface area contributed by atoms with Gasteiger partial charge in [0, 0.05) is 6.54 Å². The maximum Gasteiger partial charge on any atom is 0.255 e. The predicted molar refractivity (Wildman–Crippen MR) is 66.1 cm³/mol. The van der Waals surface area contributed by atoms with Gasteiger partial charge in [-0.1, -0.05) is 24.3 Å². The zero-order valence-electron chi connectivity index (χ0n) is 9.90. The van der Waals surface area contributed by atoms with Crippen LogP contribution in [0.3, 0.4) is 0 Å². The number of hydrogen-bond donors (Lipinski definition) is 2. The van der Waals surface area contributed by atoms with Crippen LogP contribution < -0.4 is 5.32 Å². The standard InChI is InChI=1S/C13H17NO3/c1-10(2)9-17-8-7-14-13(16)11-5-3-4-6-12(11)15/h3-6,15H,1,7-9H2,2H3,(H,14,16). The number of nitrogens with one attached hydrogen (secondary N) is 1. The number of rotatable bonds is 6. The number of benzene rings is 1. The minimum absolute atomic E-state index is 0.0205. The summed E-state index contributed by atoms with van der Waals surface area (Å²) < 4.78 is 5.23. The zero-order chi connectivity index (χ0) is 12.7. The van der Waals surface area contributed by atoms with Gasteiger partial charge in [0.2, 0.25) is 0 Å². The van der Waals surface area contributed by atoms with E-state index in [-0.39, 0.29) is 17.2 Å². The molecule has 4 heteroatoms. The molecule has 17 heavy (non-hydrogen) atoms. The zero-order valence-corrected chi connectivity index (χ0v) is 9.90. The molecular weight excluding hydrogens is 218 g/mol. The fraction of sp³-hybridized carbons (Fsp3) is 0.308. The molecule has 0 fully saturated rings. The van der Waals surface area contributed by atoms with E-state index >= 15 is 0 Å². The Morgan fingerprint density at radius 1 is 1.47 bits per heavy atom. The lowest BCUT2D eigenvalue weighted by Crippen LogP contribution is -2.27. The highest BCUT2D eigenvalue weighted by Crippen LogP contribution is 2.14. The summed E-state index contributed by atoms with van der Waals surface area (Å²) in [6.45, 7) is 6.90. The Balaban J connectivity index is 2.31. The Kier molecular flexibility index (Phi) is 5.23. The SMILES string of the molecule is C=C(C)COCCNC(=O)c1ccccc1O. The fourth-order valence-electron chi connectivity index (χ4n) is 1.24. The number of para-hydroxylation sites is 1. The highest BCUT2D eigenvalue weighted by Gasteiger charge is 2.08. The van der Waals surface area contributed by atoms with Crippen LogP contribution in [-0.2, 0) is 4.74 Å². The number of carbonyl (C=O) groups excluding carboxylic acids is 1. The average molecular weight is 235 g/mol. The number of phenolic OH excluding ortho intramolecular Hbond substituents is 1. The summed E-state index contributed by atoms with van der Waals surface area (Å²) in [5, 5.41) is 12.1. The van der Waals surface area contributed by atoms with Crippen molar-refractivity contribution in [3.63, 3.8) is 0 Å². The summed E-state index contributed by atoms with van der Waals surface area (Å²) in [6.07, 6.45) is 0. The molecule has 0 saturated carbocycles. The van der Waals surface area contributed by atoms with Crippen molar-refractivity contribution >= 4 is 5.91 Å². The van der Waals surface area contributed by atoms with Crippen LogP contribution in [0.2, 0.25) is 0 Å². The molecule has 0 heterocycles. The van der Waals surface area contributed by atoms with Crippen molar-refractivity contribution in [1.29, 1.82) is 0 Å². The van der Waals surface area contributed by atoms with Crippen LogP contribution in [0.25, 0.3) is 0 Å². The third-order valence-corrected chi connectivity index (χ3v) is 2.03. The molecule has 0 aromatic heterocycles. The lowest BCUT2D eigenvalue weighted by molar-refractivity contribution is 0.0924. The average Bonchev–Trinajstić information content (AvgIpc) is 2.28. The maximum absolute atomic E-state index is 11.6. The Morgan fingerprint density at radius 3 is 2.82 bits per heavy atom. The summed E-state index contributed by atoms with van der Waals surface area (Å²) in [6, 6.07) is 6.42. The first-order valence-electron chi connectivity index (χ1n) is 5.39. The minimum Gasteiger partial charge on any atom is -0.507 e. The van der Waals surface area contributed by atoms with Crippen LogP contribution in [0.4, 0.5) is 0 Å². The largest absolute Gasteiger partial charge is 0.507 e. The quantitative estimate of drug-likeness (QED) is 0.583. The van der Waals surface area contributed by atoms with E-state index in [2.05, 4.69) is 11.9 Å². The van der Waals surface area contributed by atoms with Gasteiger partial charge >= 0.3 is 0 Å². The summed E-state index contributed by atoms with van der Waals surface area (Å²) in [4.78, 5) is 11.6. The number of phenols is 1. The van der Waals surface area contributed by atoms with Gasteiger partial charge in [-0.2, -0.15) is 0 Å². The summed E-state index contributed by atoms with van der Waals surface area (Å²) in [5.74, 6) is -0.324. The van der Waals surface area contributed by atoms with E-state index in [0.29, 0.717) is 19.8 Å². The highest BCUT2D eigenvalue weighted by molar-refractivity contribution is 5.96. The molecule has 1 amide bonds. The molecule has 0 unspecified atom stereocenters. The van der Waals surface area contributed by atoms with Crippen LogP contribution >= 0.6 is 0 Å². The first kappa shape index (κ1) is 13.3. The van der Waals surface area contributed by atoms with Gasteiger partial charge < -0.3 is 15.2 Å². The van der Waals surface area contributed by atoms with Crippen LogP contribution in [0.1, 0.15) is 17.3 Å². The first-order chi connectivity index (χ1) is 8.11. The van der Waals surface area contributed by atoms with Crippen LogP contribution in [-0.4, -0.2) is 30.8 Å². The third kappa shape index (κ3) is 4.70. The number of aromatic hydroxyl groups is 1. The molecule has 0 radical (unpaired) electrons. The number of carbonyl (C=O) groups is 1. The van der Waals surface area contributed by atoms with E-state index in [4.69, 9.17) is 4.74 Å². The minimum atomic E-state index is -0.304. The van der Waals surface area contributed by atoms with E-state index in [9.17, 15) is 9.90 Å². The second kappa shape index (κ2) is 6.70. The topological polar surface area (TPSA) is 58.6 Å². The molecule has 0 saturated heterocycles. The lowest BCUT2D eigenvalue weighted by atomic mass is 10.2. The molecule has 2 N–H and O–H groups in total. The van der Waals surface area contributed by atoms with E-state index in [1.807, 2.05) is 6.92 Å². The van der Waals surface area contributed by atoms with E-state index < -0.39 is 0 Å². The number of ether oxygens (including phenoxy) is 1. The molecule has 0 spiro atoms. The Labute approximate surface area is 101 Å². The monoisotopic (exact) mass is 235 g/mol. The van der Waals surface area contributed by atoms with Crippen LogP contribution in [0, 0.1) is 0 Å². The van der Waals surface area contributed by atoms with Gasteiger partial charge in [-0.15, -0.1) is 0 Å². The molecule has 0 bridgehead atoms. The molecule has 1 aromatic rings. The van der Waals surface area contributed by atoms with E-state index in [0.717, 1.165) is 5.57 Å². The van der Waals surface area contributed by atoms with Crippen molar-refractivity contribution in [3.8, 4) is 5.75 Å². The normalized spacial score (nSPS) is 9.94. The van der Waals surface area contributed by atoms with Gasteiger partial charge in [0.15, 0.2) is 0 Å². The Morgan fingerprint density at radius 2 is 2.18 bits per heavy atom. The smallest absolute Gasteiger partial charge is 0.255 e. The van der Waals surface area contributed by atoms with Crippen LogP contribution in [0.5, 0.6) is 5.75 Å². The highest BCUT2D eigenvalue weighted by atomic mass is 16.5. The lowest BCUT2D eigenvalue weighted by Gasteiger charge is -2.07. The second-order valence-electron chi connectivity index (χ2n) is 3.78. The number of hydrogen-bond acceptors (Lipinski definition) is 3. The molecular formula is C13H17NO3. The van der Waals surface area contributed by atoms with Crippen molar-refractivity contribution in [2.45, 2.75) is 6.92 Å². The van der Waals surface area contributed by atoms with Gasteiger partial charge in [0.1, 0.15) is 5.75 Å². The van der Waals surface area contributed by atoms with Crippen LogP contribution in [0.15, 0.2) is 36.4 Å². The van der Waals surface area contributed by atoms with Gasteiger partial charge in [-0.25, -0.2) is 0 Å². The fourth-order valence-corrected chi connectivity index (χ4v) is 1.24. The second-order valence-corrected chi connectivity index (χ2v) is 3.78. The molecule has 0 aliphatic heterocycles. The Bertz CT molecular complexity index is 401. The molecule has 1 aromatic carbocycles. The maximum atomic E-state index is 11.6. The molecule has 0 atom stereocenters. The summed E-state index contributed by atoms with van der Waals surface area (Å²) in [7, 11) is 0. The Hall–Kier alpha value is -1.81. The van der Waals surface area contributed by atoms with Crippen molar-refractivity contribution in [2.75, 3.05) is 19.8 Å². The van der Waals surface area contributed by atoms with Crippen molar-refractivity contribution < 1.29 is 14.6 Å². The summed E-state index contributed by atoms with van der Waals surface area (Å²) in [5.41, 5.74) is 1.21. The summed E-state index contributed by atoms with van der Waals surface area (Å²) >= 11 is 0. The van der Waals surface area contributed by atoms with Crippen molar-refractivity contribution in [2.24, 2.45) is 0 Å². The van der Waals surface area contributed by atoms with Gasteiger partial charge in [-0.05, 0) is 19.1 Å². The molecule has 92 valence electrons. The van der Waals surface area contributed by atoms with Crippen molar-refractivity contribution in [1.82, 2.24) is 5.32 Å². The van der Waals surface area contributed by atoms with E-state index in [1.54, 1.807) is 18.2 Å². The molecule has 0 aliphatic carbocycles. The third-order valence-electron chi connectivity index (χ3n) is 2.03. The molecule has 4 nitrogen and oxygen atoms in total. The first-order valence-corrected chi connectivity index (χ1v) is 5.39. The number of amides is 1. The molecule has 0 aliphatic rings. The van der Waals surface area contributed by atoms with Gasteiger partial charge in [-0.3, -0.25) is 4.79 Å².